The second kappa shape index (κ2) is 4.47. The van der Waals surface area contributed by atoms with Crippen molar-refractivity contribution >= 4 is 57.0 Å². The van der Waals surface area contributed by atoms with Gasteiger partial charge in [0.15, 0.2) is 0 Å². The van der Waals surface area contributed by atoms with E-state index in [9.17, 15) is 0 Å². The van der Waals surface area contributed by atoms with Crippen LogP contribution in [0.25, 0.3) is 21.6 Å². The molecule has 1 aromatic carbocycles. The van der Waals surface area contributed by atoms with Gasteiger partial charge in [0.2, 0.25) is 0 Å². The highest BCUT2D eigenvalue weighted by Gasteiger charge is 2.04. The number of aromatic amines is 1. The largest absolute Gasteiger partial charge is 0.338 e. The Morgan fingerprint density at radius 2 is 2.18 bits per heavy atom. The minimum absolute atomic E-state index is 0.653. The zero-order valence-corrected chi connectivity index (χ0v) is 12.4. The number of hydrogen-bond donors (Lipinski definition) is 1. The molecule has 0 atom stereocenters. The number of H-pyrrole nitrogens is 1. The first-order valence-electron chi connectivity index (χ1n) is 4.97. The summed E-state index contributed by atoms with van der Waals surface area (Å²) in [6, 6.07) is 10.2. The molecule has 0 unspecified atom stereocenters. The summed E-state index contributed by atoms with van der Waals surface area (Å²) in [6.07, 6.45) is 0. The van der Waals surface area contributed by atoms with Gasteiger partial charge in [-0.05, 0) is 52.2 Å². The van der Waals surface area contributed by atoms with Gasteiger partial charge in [-0.15, -0.1) is 11.3 Å². The molecular weight excluding hydrogens is 363 g/mol. The molecule has 1 N–H and O–H groups in total. The highest BCUT2D eigenvalue weighted by molar-refractivity contribution is 14.1. The average Bonchev–Trinajstić information content (AvgIpc) is 2.83. The number of benzene rings is 1. The van der Waals surface area contributed by atoms with Gasteiger partial charge in [0.25, 0.3) is 0 Å². The topological polar surface area (TPSA) is 28.7 Å². The summed E-state index contributed by atoms with van der Waals surface area (Å²) in [5.41, 5.74) is 1.04. The Balaban J connectivity index is 2.32. The van der Waals surface area contributed by atoms with E-state index in [1.807, 2.05) is 23.6 Å². The Hall–Kier alpha value is -0.790. The van der Waals surface area contributed by atoms with Gasteiger partial charge in [-0.2, -0.15) is 0 Å². The number of halogens is 1. The number of thiophene rings is 1. The highest BCUT2D eigenvalue weighted by Crippen LogP contribution is 2.24. The molecule has 0 amide bonds. The molecule has 84 valence electrons. The van der Waals surface area contributed by atoms with E-state index >= 15 is 0 Å². The van der Waals surface area contributed by atoms with Gasteiger partial charge < -0.3 is 4.98 Å². The van der Waals surface area contributed by atoms with Gasteiger partial charge >= 0.3 is 0 Å². The third-order valence-electron chi connectivity index (χ3n) is 2.43. The van der Waals surface area contributed by atoms with Gasteiger partial charge in [-0.1, -0.05) is 18.3 Å². The SMILES string of the molecule is S=c1nc(-c2cccs2)[nH]c2ccc(I)cc12. The maximum atomic E-state index is 5.34. The maximum absolute atomic E-state index is 5.34. The van der Waals surface area contributed by atoms with E-state index < -0.39 is 0 Å². The van der Waals surface area contributed by atoms with Crippen molar-refractivity contribution in [2.45, 2.75) is 0 Å². The van der Waals surface area contributed by atoms with Crippen molar-refractivity contribution in [1.82, 2.24) is 9.97 Å². The maximum Gasteiger partial charge on any atom is 0.149 e. The lowest BCUT2D eigenvalue weighted by molar-refractivity contribution is 1.22. The van der Waals surface area contributed by atoms with Crippen molar-refractivity contribution in [2.24, 2.45) is 0 Å². The van der Waals surface area contributed by atoms with Crippen LogP contribution in [0.15, 0.2) is 35.7 Å². The van der Waals surface area contributed by atoms with Crippen LogP contribution in [-0.2, 0) is 0 Å². The number of nitrogens with zero attached hydrogens (tertiary/aromatic N) is 1. The predicted octanol–water partition coefficient (Wildman–Crippen LogP) is 4.63. The summed E-state index contributed by atoms with van der Waals surface area (Å²) in [6.45, 7) is 0. The Kier molecular flexibility index (Phi) is 2.97. The highest BCUT2D eigenvalue weighted by atomic mass is 127. The fourth-order valence-electron chi connectivity index (χ4n) is 1.65. The second-order valence-corrected chi connectivity index (χ2v) is 6.14. The van der Waals surface area contributed by atoms with E-state index in [2.05, 4.69) is 44.7 Å². The first-order chi connectivity index (χ1) is 8.24. The molecule has 2 aromatic heterocycles. The molecule has 0 aliphatic heterocycles. The Morgan fingerprint density at radius 1 is 1.29 bits per heavy atom. The summed E-state index contributed by atoms with van der Waals surface area (Å²) in [4.78, 5) is 8.89. The quantitative estimate of drug-likeness (QED) is 0.500. The minimum atomic E-state index is 0.653. The lowest BCUT2D eigenvalue weighted by Gasteiger charge is -2.03. The van der Waals surface area contributed by atoms with Crippen molar-refractivity contribution < 1.29 is 0 Å². The van der Waals surface area contributed by atoms with Crippen LogP contribution >= 0.6 is 46.1 Å². The van der Waals surface area contributed by atoms with Crippen LogP contribution in [0.5, 0.6) is 0 Å². The Bertz CT molecular complexity index is 732. The molecule has 0 radical (unpaired) electrons. The average molecular weight is 370 g/mol. The third-order valence-corrected chi connectivity index (χ3v) is 4.29. The molecule has 3 aromatic rings. The molecule has 5 heteroatoms. The minimum Gasteiger partial charge on any atom is -0.338 e. The summed E-state index contributed by atoms with van der Waals surface area (Å²) in [7, 11) is 0. The monoisotopic (exact) mass is 370 g/mol. The molecule has 0 fully saturated rings. The van der Waals surface area contributed by atoms with E-state index in [1.54, 1.807) is 11.3 Å². The van der Waals surface area contributed by atoms with E-state index in [4.69, 9.17) is 12.2 Å². The molecule has 0 saturated heterocycles. The van der Waals surface area contributed by atoms with Crippen molar-refractivity contribution in [3.8, 4) is 10.7 Å². The van der Waals surface area contributed by atoms with E-state index in [1.165, 1.54) is 3.57 Å². The Labute approximate surface area is 121 Å². The number of fused-ring (bicyclic) bond motifs is 1. The van der Waals surface area contributed by atoms with Crippen molar-refractivity contribution in [3.05, 3.63) is 43.9 Å². The molecule has 0 spiro atoms. The van der Waals surface area contributed by atoms with Crippen molar-refractivity contribution in [1.29, 1.82) is 0 Å². The normalized spacial score (nSPS) is 10.9. The van der Waals surface area contributed by atoms with Gasteiger partial charge in [0, 0.05) is 8.96 Å². The molecule has 2 nitrogen and oxygen atoms in total. The fraction of sp³-hybridized carbons (Fsp3) is 0. The summed E-state index contributed by atoms with van der Waals surface area (Å²) in [5.74, 6) is 0.846. The number of aromatic nitrogens is 2. The van der Waals surface area contributed by atoms with E-state index in [0.717, 1.165) is 21.6 Å². The molecule has 0 aliphatic rings. The van der Waals surface area contributed by atoms with Gasteiger partial charge in [0.05, 0.1) is 10.4 Å². The van der Waals surface area contributed by atoms with Gasteiger partial charge in [-0.3, -0.25) is 0 Å². The molecule has 0 bridgehead atoms. The van der Waals surface area contributed by atoms with Crippen LogP contribution < -0.4 is 0 Å². The lowest BCUT2D eigenvalue weighted by atomic mass is 10.2. The first kappa shape index (κ1) is 11.3. The van der Waals surface area contributed by atoms with Gasteiger partial charge in [0.1, 0.15) is 10.5 Å². The molecule has 17 heavy (non-hydrogen) atoms. The lowest BCUT2D eigenvalue weighted by Crippen LogP contribution is -1.90. The zero-order valence-electron chi connectivity index (χ0n) is 8.61. The third kappa shape index (κ3) is 2.14. The van der Waals surface area contributed by atoms with Crippen LogP contribution in [0, 0.1) is 8.21 Å². The molecule has 0 saturated carbocycles. The number of nitrogens with one attached hydrogen (secondary N) is 1. The fourth-order valence-corrected chi connectivity index (χ4v) is 3.07. The van der Waals surface area contributed by atoms with E-state index in [-0.39, 0.29) is 0 Å². The molecule has 2 heterocycles. The van der Waals surface area contributed by atoms with Gasteiger partial charge in [-0.25, -0.2) is 4.98 Å². The van der Waals surface area contributed by atoms with Crippen LogP contribution in [0.3, 0.4) is 0 Å². The second-order valence-electron chi connectivity index (χ2n) is 3.56. The van der Waals surface area contributed by atoms with Crippen molar-refractivity contribution in [3.63, 3.8) is 0 Å². The molecule has 3 rings (SSSR count). The van der Waals surface area contributed by atoms with Crippen LogP contribution in [0.1, 0.15) is 0 Å². The van der Waals surface area contributed by atoms with Crippen molar-refractivity contribution in [2.75, 3.05) is 0 Å². The standard InChI is InChI=1S/C12H7IN2S2/c13-7-3-4-9-8(6-7)12(16)15-11(14-9)10-2-1-5-17-10/h1-6H,(H,14,15,16). The summed E-state index contributed by atoms with van der Waals surface area (Å²) >= 11 is 9.28. The van der Waals surface area contributed by atoms with Crippen LogP contribution in [0.4, 0.5) is 0 Å². The summed E-state index contributed by atoms with van der Waals surface area (Å²) in [5, 5.41) is 3.04. The number of rotatable bonds is 1. The molecule has 0 aliphatic carbocycles. The number of hydrogen-bond acceptors (Lipinski definition) is 3. The zero-order chi connectivity index (χ0) is 11.8. The smallest absolute Gasteiger partial charge is 0.149 e. The Morgan fingerprint density at radius 3 is 2.94 bits per heavy atom. The molecular formula is C12H7IN2S2. The van der Waals surface area contributed by atoms with E-state index in [0.29, 0.717) is 4.64 Å². The predicted molar refractivity (Wildman–Crippen MR) is 83.0 cm³/mol. The van der Waals surface area contributed by atoms with Crippen LogP contribution in [0.2, 0.25) is 0 Å². The summed E-state index contributed by atoms with van der Waals surface area (Å²) < 4.78 is 1.82. The van der Waals surface area contributed by atoms with Crippen LogP contribution in [-0.4, -0.2) is 9.97 Å². The first-order valence-corrected chi connectivity index (χ1v) is 7.34.